The number of hydrogen-bond acceptors (Lipinski definition) is 6. The molecule has 7 nitrogen and oxygen atoms in total. The van der Waals surface area contributed by atoms with E-state index in [9.17, 15) is 18.0 Å². The zero-order valence-corrected chi connectivity index (χ0v) is 20.0. The second kappa shape index (κ2) is 11.9. The Morgan fingerprint density at radius 2 is 1.77 bits per heavy atom. The number of rotatable bonds is 9. The molecule has 35 heavy (non-hydrogen) atoms. The van der Waals surface area contributed by atoms with Gasteiger partial charge in [-0.25, -0.2) is 0 Å². The molecule has 2 aliphatic rings. The minimum absolute atomic E-state index is 0.0979. The van der Waals surface area contributed by atoms with Crippen molar-refractivity contribution in [2.45, 2.75) is 70.4 Å². The van der Waals surface area contributed by atoms with Crippen LogP contribution < -0.4 is 10.6 Å². The minimum Gasteiger partial charge on any atom is -0.403 e. The lowest BCUT2D eigenvalue weighted by Gasteiger charge is -2.26. The number of aromatic nitrogens is 2. The molecule has 1 aliphatic heterocycles. The van der Waals surface area contributed by atoms with Gasteiger partial charge in [-0.05, 0) is 76.4 Å². The second-order valence-corrected chi connectivity index (χ2v) is 9.53. The van der Waals surface area contributed by atoms with Crippen molar-refractivity contribution < 1.29 is 22.4 Å². The Balaban J connectivity index is 1.35. The molecule has 1 saturated heterocycles. The Labute approximate surface area is 203 Å². The van der Waals surface area contributed by atoms with Gasteiger partial charge in [0.1, 0.15) is 0 Å². The molecule has 1 aromatic heterocycles. The van der Waals surface area contributed by atoms with Crippen molar-refractivity contribution in [2.24, 2.45) is 5.92 Å². The summed E-state index contributed by atoms with van der Waals surface area (Å²) in [5.74, 6) is -0.587. The van der Waals surface area contributed by atoms with E-state index in [4.69, 9.17) is 4.42 Å². The Morgan fingerprint density at radius 3 is 2.51 bits per heavy atom. The van der Waals surface area contributed by atoms with E-state index in [1.807, 2.05) is 0 Å². The molecule has 1 aromatic carbocycles. The number of amides is 1. The maximum absolute atomic E-state index is 13.8. The molecule has 0 atom stereocenters. The molecule has 1 amide bonds. The average Bonchev–Trinajstić information content (AvgIpc) is 3.33. The van der Waals surface area contributed by atoms with E-state index in [1.165, 1.54) is 31.4 Å². The number of piperidine rings is 1. The van der Waals surface area contributed by atoms with Gasteiger partial charge in [-0.1, -0.05) is 30.8 Å². The predicted octanol–water partition coefficient (Wildman–Crippen LogP) is 5.95. The zero-order chi connectivity index (χ0) is 24.7. The van der Waals surface area contributed by atoms with E-state index < -0.39 is 11.7 Å². The number of benzene rings is 1. The summed E-state index contributed by atoms with van der Waals surface area (Å²) < 4.78 is 47.0. The van der Waals surface area contributed by atoms with Crippen molar-refractivity contribution in [3.05, 3.63) is 23.8 Å². The van der Waals surface area contributed by atoms with E-state index in [-0.39, 0.29) is 35.0 Å². The summed E-state index contributed by atoms with van der Waals surface area (Å²) in [6.45, 7) is 3.97. The number of hydrogen-bond donors (Lipinski definition) is 2. The third kappa shape index (κ3) is 7.19. The fraction of sp³-hybridized carbons (Fsp3) is 0.640. The number of nitrogens with one attached hydrogen (secondary N) is 2. The van der Waals surface area contributed by atoms with Gasteiger partial charge in [0.05, 0.1) is 11.1 Å². The first-order valence-electron chi connectivity index (χ1n) is 12.7. The van der Waals surface area contributed by atoms with Crippen molar-refractivity contribution in [2.75, 3.05) is 36.8 Å². The maximum Gasteiger partial charge on any atom is 0.417 e. The highest BCUT2D eigenvalue weighted by atomic mass is 19.4. The maximum atomic E-state index is 13.8. The van der Waals surface area contributed by atoms with Crippen LogP contribution in [-0.4, -0.2) is 47.2 Å². The van der Waals surface area contributed by atoms with Crippen LogP contribution in [0.2, 0.25) is 0 Å². The van der Waals surface area contributed by atoms with Crippen LogP contribution in [0.25, 0.3) is 11.5 Å². The van der Waals surface area contributed by atoms with Crippen molar-refractivity contribution in [3.63, 3.8) is 0 Å². The van der Waals surface area contributed by atoms with Gasteiger partial charge in [-0.2, -0.15) is 13.2 Å². The molecule has 2 fully saturated rings. The van der Waals surface area contributed by atoms with Crippen molar-refractivity contribution >= 4 is 17.6 Å². The summed E-state index contributed by atoms with van der Waals surface area (Å²) in [4.78, 5) is 14.9. The molecule has 0 radical (unpaired) electrons. The SMILES string of the molecule is O=C(Nc1ccc(-c2nnc(NCCCCN3CCCCC3)o2)c(C(F)(F)F)c1)C1CCCCC1. The van der Waals surface area contributed by atoms with Gasteiger partial charge in [0.15, 0.2) is 0 Å². The summed E-state index contributed by atoms with van der Waals surface area (Å²) in [6, 6.07) is 3.76. The lowest BCUT2D eigenvalue weighted by Crippen LogP contribution is -2.30. The fourth-order valence-corrected chi connectivity index (χ4v) is 4.89. The van der Waals surface area contributed by atoms with Crippen molar-refractivity contribution in [1.29, 1.82) is 0 Å². The van der Waals surface area contributed by atoms with Gasteiger partial charge in [0, 0.05) is 18.2 Å². The predicted molar refractivity (Wildman–Crippen MR) is 128 cm³/mol. The second-order valence-electron chi connectivity index (χ2n) is 9.53. The summed E-state index contributed by atoms with van der Waals surface area (Å²) in [5, 5.41) is 13.3. The summed E-state index contributed by atoms with van der Waals surface area (Å²) in [7, 11) is 0. The normalized spacial score (nSPS) is 17.9. The molecular formula is C25H34F3N5O2. The van der Waals surface area contributed by atoms with Gasteiger partial charge >= 0.3 is 12.2 Å². The highest BCUT2D eigenvalue weighted by Crippen LogP contribution is 2.39. The molecule has 2 aromatic rings. The Bertz CT molecular complexity index is 966. The fourth-order valence-electron chi connectivity index (χ4n) is 4.89. The molecule has 2 N–H and O–H groups in total. The molecule has 2 heterocycles. The summed E-state index contributed by atoms with van der Waals surface area (Å²) in [6.07, 6.45) is 5.69. The third-order valence-electron chi connectivity index (χ3n) is 6.85. The number of alkyl halides is 3. The minimum atomic E-state index is -4.64. The van der Waals surface area contributed by atoms with Gasteiger partial charge in [-0.15, -0.1) is 5.10 Å². The molecule has 1 aliphatic carbocycles. The lowest BCUT2D eigenvalue weighted by atomic mass is 9.88. The smallest absolute Gasteiger partial charge is 0.403 e. The van der Waals surface area contributed by atoms with Gasteiger partial charge in [0.2, 0.25) is 11.8 Å². The highest BCUT2D eigenvalue weighted by molar-refractivity contribution is 5.93. The monoisotopic (exact) mass is 493 g/mol. The van der Waals surface area contributed by atoms with Crippen LogP contribution in [0.5, 0.6) is 0 Å². The first kappa shape index (κ1) is 25.5. The first-order chi connectivity index (χ1) is 16.9. The number of anilines is 2. The van der Waals surface area contributed by atoms with E-state index in [2.05, 4.69) is 25.7 Å². The molecule has 0 bridgehead atoms. The summed E-state index contributed by atoms with van der Waals surface area (Å²) >= 11 is 0. The summed E-state index contributed by atoms with van der Waals surface area (Å²) in [5.41, 5.74) is -1.02. The standard InChI is InChI=1S/C25H34F3N5O2/c26-25(27,28)21-17-19(30-22(34)18-9-3-1-4-10-18)11-12-20(21)23-31-32-24(35-23)29-13-5-8-16-33-14-6-2-7-15-33/h11-12,17-18H,1-10,13-16H2,(H,29,32)(H,30,34). The molecular weight excluding hydrogens is 459 g/mol. The number of nitrogens with zero attached hydrogens (tertiary/aromatic N) is 3. The van der Waals surface area contributed by atoms with Crippen LogP contribution in [0, 0.1) is 5.92 Å². The van der Waals surface area contributed by atoms with Crippen LogP contribution in [-0.2, 0) is 11.0 Å². The average molecular weight is 494 g/mol. The van der Waals surface area contributed by atoms with Gasteiger partial charge in [-0.3, -0.25) is 4.79 Å². The molecule has 1 saturated carbocycles. The molecule has 0 unspecified atom stereocenters. The largest absolute Gasteiger partial charge is 0.417 e. The van der Waals surface area contributed by atoms with Crippen LogP contribution >= 0.6 is 0 Å². The van der Waals surface area contributed by atoms with Crippen LogP contribution in [0.15, 0.2) is 22.6 Å². The lowest BCUT2D eigenvalue weighted by molar-refractivity contribution is -0.137. The molecule has 192 valence electrons. The van der Waals surface area contributed by atoms with Crippen LogP contribution in [0.1, 0.15) is 69.8 Å². The van der Waals surface area contributed by atoms with E-state index in [0.717, 1.165) is 70.6 Å². The highest BCUT2D eigenvalue weighted by Gasteiger charge is 2.36. The molecule has 4 rings (SSSR count). The first-order valence-corrected chi connectivity index (χ1v) is 12.7. The number of likely N-dealkylation sites (tertiary alicyclic amines) is 1. The van der Waals surface area contributed by atoms with E-state index in [0.29, 0.717) is 6.54 Å². The zero-order valence-electron chi connectivity index (χ0n) is 20.0. The topological polar surface area (TPSA) is 83.3 Å². The third-order valence-corrected chi connectivity index (χ3v) is 6.85. The number of halogens is 3. The van der Waals surface area contributed by atoms with Crippen molar-refractivity contribution in [3.8, 4) is 11.5 Å². The number of carbonyl (C=O) groups is 1. The van der Waals surface area contributed by atoms with Gasteiger partial charge < -0.3 is 20.0 Å². The Morgan fingerprint density at radius 1 is 1.03 bits per heavy atom. The van der Waals surface area contributed by atoms with E-state index >= 15 is 0 Å². The number of unbranched alkanes of at least 4 members (excludes halogenated alkanes) is 1. The Hall–Kier alpha value is -2.62. The quantitative estimate of drug-likeness (QED) is 0.420. The van der Waals surface area contributed by atoms with Crippen molar-refractivity contribution in [1.82, 2.24) is 15.1 Å². The van der Waals surface area contributed by atoms with Crippen LogP contribution in [0.3, 0.4) is 0 Å². The molecule has 10 heteroatoms. The van der Waals surface area contributed by atoms with Crippen LogP contribution in [0.4, 0.5) is 24.9 Å². The molecule has 0 spiro atoms. The van der Waals surface area contributed by atoms with E-state index in [1.54, 1.807) is 0 Å². The Kier molecular flexibility index (Phi) is 8.64. The number of carbonyl (C=O) groups excluding carboxylic acids is 1. The van der Waals surface area contributed by atoms with Gasteiger partial charge in [0.25, 0.3) is 0 Å².